The van der Waals surface area contributed by atoms with Crippen molar-refractivity contribution in [1.29, 1.82) is 0 Å². The van der Waals surface area contributed by atoms with Crippen molar-refractivity contribution in [3.05, 3.63) is 221 Å². The lowest BCUT2D eigenvalue weighted by atomic mass is 9.99. The lowest BCUT2D eigenvalue weighted by Crippen LogP contribution is -2.17. The molecular weight excluding hydrogens is 761 g/mol. The van der Waals surface area contributed by atoms with Gasteiger partial charge in [0.1, 0.15) is 17.2 Å². The number of carbonyl (C=O) groups excluding carboxylic acids is 6. The van der Waals surface area contributed by atoms with Crippen LogP contribution in [0, 0.1) is 0 Å². The first-order valence-corrected chi connectivity index (χ1v) is 18.6. The second-order valence-corrected chi connectivity index (χ2v) is 13.3. The fourth-order valence-corrected chi connectivity index (χ4v) is 5.86. The molecule has 0 aliphatic carbocycles. The van der Waals surface area contributed by atoms with Gasteiger partial charge in [-0.3, -0.25) is 14.4 Å². The molecule has 0 spiro atoms. The number of carbonyl (C=O) groups is 6. The van der Waals surface area contributed by atoms with E-state index in [1.807, 2.05) is 0 Å². The van der Waals surface area contributed by atoms with E-state index < -0.39 is 29.7 Å². The monoisotopic (exact) mass is 794 g/mol. The van der Waals surface area contributed by atoms with Crippen molar-refractivity contribution in [2.75, 3.05) is 10.6 Å². The molecule has 60 heavy (non-hydrogen) atoms. The lowest BCUT2D eigenvalue weighted by Gasteiger charge is -2.12. The van der Waals surface area contributed by atoms with Crippen LogP contribution >= 0.6 is 0 Å². The molecule has 11 heteroatoms. The summed E-state index contributed by atoms with van der Waals surface area (Å²) in [6.07, 6.45) is -0.0717. The van der Waals surface area contributed by atoms with Gasteiger partial charge in [-0.15, -0.1) is 0 Å². The van der Waals surface area contributed by atoms with Crippen LogP contribution in [0.25, 0.3) is 0 Å². The summed E-state index contributed by atoms with van der Waals surface area (Å²) < 4.78 is 16.3. The zero-order valence-corrected chi connectivity index (χ0v) is 31.7. The zero-order chi connectivity index (χ0) is 41.8. The van der Waals surface area contributed by atoms with Gasteiger partial charge in [-0.1, -0.05) is 66.7 Å². The van der Waals surface area contributed by atoms with Gasteiger partial charge in [0.05, 0.1) is 16.7 Å². The summed E-state index contributed by atoms with van der Waals surface area (Å²) in [5.41, 5.74) is 2.74. The molecule has 0 aliphatic heterocycles. The Morgan fingerprint density at radius 3 is 1.20 bits per heavy atom. The minimum absolute atomic E-state index is 0.0714. The Morgan fingerprint density at radius 2 is 0.733 bits per heavy atom. The smallest absolute Gasteiger partial charge is 0.343 e. The van der Waals surface area contributed by atoms with Crippen LogP contribution < -0.4 is 24.8 Å². The van der Waals surface area contributed by atoms with Crippen molar-refractivity contribution in [1.82, 2.24) is 0 Å². The molecule has 0 aromatic heterocycles. The molecule has 2 amide bonds. The third-order valence-electron chi connectivity index (χ3n) is 8.95. The first kappa shape index (κ1) is 39.8. The van der Waals surface area contributed by atoms with Gasteiger partial charge in [0.15, 0.2) is 5.78 Å². The summed E-state index contributed by atoms with van der Waals surface area (Å²) in [6.45, 7) is 0. The van der Waals surface area contributed by atoms with Gasteiger partial charge >= 0.3 is 17.9 Å². The molecule has 2 N–H and O–H groups in total. The molecule has 0 aliphatic rings. The molecule has 7 rings (SSSR count). The van der Waals surface area contributed by atoms with E-state index in [2.05, 4.69) is 10.6 Å². The van der Waals surface area contributed by atoms with E-state index >= 15 is 0 Å². The summed E-state index contributed by atoms with van der Waals surface area (Å²) >= 11 is 0. The van der Waals surface area contributed by atoms with Crippen molar-refractivity contribution in [3.8, 4) is 17.2 Å². The second kappa shape index (κ2) is 18.7. The van der Waals surface area contributed by atoms with Gasteiger partial charge in [0, 0.05) is 34.5 Å². The summed E-state index contributed by atoms with van der Waals surface area (Å²) in [4.78, 5) is 78.3. The molecular formula is C49H34N2O9. The van der Waals surface area contributed by atoms with Crippen molar-refractivity contribution < 1.29 is 43.0 Å². The van der Waals surface area contributed by atoms with E-state index in [9.17, 15) is 28.8 Å². The number of nitrogens with one attached hydrogen (secondary N) is 2. The molecule has 0 bridgehead atoms. The fraction of sp³-hybridized carbons (Fsp3) is 0.0204. The normalized spacial score (nSPS) is 10.5. The Balaban J connectivity index is 1.07. The molecule has 0 atom stereocenters. The Kier molecular flexibility index (Phi) is 12.4. The number of Topliss-reactive ketones (excluding diaryl/α,β-unsaturated/α-hetero) is 1. The Morgan fingerprint density at radius 1 is 0.350 bits per heavy atom. The third-order valence-corrected chi connectivity index (χ3v) is 8.95. The Bertz CT molecular complexity index is 2540. The second-order valence-electron chi connectivity index (χ2n) is 13.3. The zero-order valence-electron chi connectivity index (χ0n) is 31.7. The molecule has 0 radical (unpaired) electrons. The van der Waals surface area contributed by atoms with Gasteiger partial charge in [0.25, 0.3) is 11.8 Å². The maximum atomic E-state index is 13.7. The topological polar surface area (TPSA) is 154 Å². The van der Waals surface area contributed by atoms with Crippen LogP contribution in [0.4, 0.5) is 11.4 Å². The number of ketones is 1. The average molecular weight is 795 g/mol. The molecule has 0 saturated carbocycles. The molecule has 0 heterocycles. The maximum Gasteiger partial charge on any atom is 0.343 e. The van der Waals surface area contributed by atoms with E-state index in [4.69, 9.17) is 14.2 Å². The van der Waals surface area contributed by atoms with E-state index in [0.29, 0.717) is 33.7 Å². The molecule has 0 unspecified atom stereocenters. The quantitative estimate of drug-likeness (QED) is 0.0660. The van der Waals surface area contributed by atoms with Crippen LogP contribution in [-0.4, -0.2) is 35.5 Å². The number of amides is 2. The number of anilines is 2. The summed E-state index contributed by atoms with van der Waals surface area (Å²) in [5.74, 6) is -2.29. The fourth-order valence-electron chi connectivity index (χ4n) is 5.86. The molecule has 294 valence electrons. The van der Waals surface area contributed by atoms with Crippen molar-refractivity contribution in [2.24, 2.45) is 0 Å². The molecule has 0 fully saturated rings. The highest BCUT2D eigenvalue weighted by atomic mass is 16.5. The van der Waals surface area contributed by atoms with Crippen molar-refractivity contribution in [2.45, 2.75) is 6.42 Å². The molecule has 7 aromatic carbocycles. The Hall–Kier alpha value is -8.44. The highest BCUT2D eigenvalue weighted by Crippen LogP contribution is 2.23. The summed E-state index contributed by atoms with van der Waals surface area (Å²) in [7, 11) is 0. The SMILES string of the molecule is O=C(Cc1ccc(OC(=O)c2ccccc2)cc1)c1cc(NC(=O)c2ccc(OC(=O)c3ccccc3)cc2)cc(C(=O)Nc2ccc(OC(=O)c3ccccc3)cc2)c1. The first-order chi connectivity index (χ1) is 29.2. The van der Waals surface area contributed by atoms with Gasteiger partial charge in [-0.2, -0.15) is 0 Å². The third kappa shape index (κ3) is 10.5. The lowest BCUT2D eigenvalue weighted by molar-refractivity contribution is 0.0725. The van der Waals surface area contributed by atoms with E-state index in [-0.39, 0.29) is 46.1 Å². The summed E-state index contributed by atoms with van der Waals surface area (Å²) in [6, 6.07) is 48.5. The predicted molar refractivity (Wildman–Crippen MR) is 224 cm³/mol. The standard InChI is InChI=1S/C49H34N2O9/c52-44(28-32-16-22-41(23-17-32)58-47(55)34-10-4-1-5-11-34)37-29-38(46(54)50-39-20-26-43(27-21-39)60-49(57)36-14-8-3-9-15-36)31-40(30-37)51-45(53)33-18-24-42(25-19-33)59-48(56)35-12-6-2-7-13-35/h1-27,29-31H,28H2,(H,50,54)(H,51,53). The minimum Gasteiger partial charge on any atom is -0.423 e. The van der Waals surface area contributed by atoms with Crippen molar-refractivity contribution in [3.63, 3.8) is 0 Å². The maximum absolute atomic E-state index is 13.7. The van der Waals surface area contributed by atoms with E-state index in [0.717, 1.165) is 0 Å². The summed E-state index contributed by atoms with van der Waals surface area (Å²) in [5, 5.41) is 5.54. The van der Waals surface area contributed by atoms with Crippen LogP contribution in [-0.2, 0) is 6.42 Å². The average Bonchev–Trinajstić information content (AvgIpc) is 3.28. The van der Waals surface area contributed by atoms with E-state index in [1.165, 1.54) is 54.6 Å². The van der Waals surface area contributed by atoms with Gasteiger partial charge in [0.2, 0.25) is 0 Å². The van der Waals surface area contributed by atoms with Crippen LogP contribution in [0.5, 0.6) is 17.2 Å². The van der Waals surface area contributed by atoms with Gasteiger partial charge < -0.3 is 24.8 Å². The minimum atomic E-state index is -0.580. The molecule has 11 nitrogen and oxygen atoms in total. The first-order valence-electron chi connectivity index (χ1n) is 18.6. The number of benzene rings is 7. The van der Waals surface area contributed by atoms with E-state index in [1.54, 1.807) is 127 Å². The number of ether oxygens (including phenoxy) is 3. The molecule has 7 aromatic rings. The Labute approximate surface area is 344 Å². The predicted octanol–water partition coefficient (Wildman–Crippen LogP) is 9.27. The van der Waals surface area contributed by atoms with Gasteiger partial charge in [-0.25, -0.2) is 14.4 Å². The number of rotatable bonds is 13. The van der Waals surface area contributed by atoms with Crippen LogP contribution in [0.15, 0.2) is 182 Å². The van der Waals surface area contributed by atoms with Crippen LogP contribution in [0.3, 0.4) is 0 Å². The number of hydrogen-bond acceptors (Lipinski definition) is 9. The molecule has 0 saturated heterocycles. The number of hydrogen-bond donors (Lipinski definition) is 2. The van der Waals surface area contributed by atoms with Crippen LogP contribution in [0.2, 0.25) is 0 Å². The van der Waals surface area contributed by atoms with Crippen molar-refractivity contribution >= 4 is 46.9 Å². The highest BCUT2D eigenvalue weighted by Gasteiger charge is 2.18. The van der Waals surface area contributed by atoms with Crippen LogP contribution in [0.1, 0.15) is 67.7 Å². The largest absolute Gasteiger partial charge is 0.423 e. The number of esters is 3. The highest BCUT2D eigenvalue weighted by molar-refractivity contribution is 6.10. The van der Waals surface area contributed by atoms with Gasteiger partial charge in [-0.05, 0) is 121 Å².